The predicted octanol–water partition coefficient (Wildman–Crippen LogP) is 7.93. The van der Waals surface area contributed by atoms with Gasteiger partial charge in [0, 0.05) is 4.47 Å². The molecule has 128 valence electrons. The fraction of sp³-hybridized carbons (Fsp3) is 0.0400. The molecular formula is C25H21Br. The molecule has 0 bridgehead atoms. The SMILES string of the molecule is C=C/C=C(\C=C/C)c1ccc(-c2cccc(-c3cccc(Br)c3)c2)cc1. The fourth-order valence-corrected chi connectivity index (χ4v) is 3.36. The van der Waals surface area contributed by atoms with Gasteiger partial charge in [0.25, 0.3) is 0 Å². The fourth-order valence-electron chi connectivity index (χ4n) is 2.96. The van der Waals surface area contributed by atoms with Crippen LogP contribution >= 0.6 is 15.9 Å². The molecule has 0 aromatic heterocycles. The van der Waals surface area contributed by atoms with Crippen LogP contribution < -0.4 is 0 Å². The maximum absolute atomic E-state index is 3.80. The lowest BCUT2D eigenvalue weighted by molar-refractivity contribution is 1.56. The van der Waals surface area contributed by atoms with Crippen molar-refractivity contribution in [3.63, 3.8) is 0 Å². The van der Waals surface area contributed by atoms with Crippen LogP contribution in [0.15, 0.2) is 108 Å². The van der Waals surface area contributed by atoms with Gasteiger partial charge in [-0.05, 0) is 58.5 Å². The van der Waals surface area contributed by atoms with Crippen molar-refractivity contribution < 1.29 is 0 Å². The van der Waals surface area contributed by atoms with Gasteiger partial charge in [-0.25, -0.2) is 0 Å². The third-order valence-corrected chi connectivity index (χ3v) is 4.71. The molecule has 3 rings (SSSR count). The Balaban J connectivity index is 1.94. The van der Waals surface area contributed by atoms with E-state index in [0.717, 1.165) is 10.0 Å². The second kappa shape index (κ2) is 8.64. The highest BCUT2D eigenvalue weighted by molar-refractivity contribution is 9.10. The van der Waals surface area contributed by atoms with E-state index < -0.39 is 0 Å². The zero-order chi connectivity index (χ0) is 18.4. The number of hydrogen-bond acceptors (Lipinski definition) is 0. The summed E-state index contributed by atoms with van der Waals surface area (Å²) >= 11 is 3.55. The first kappa shape index (κ1) is 18.2. The Hall–Kier alpha value is -2.64. The molecule has 0 spiro atoms. The molecule has 0 N–H and O–H groups in total. The molecule has 0 saturated heterocycles. The highest BCUT2D eigenvalue weighted by Crippen LogP contribution is 2.29. The predicted molar refractivity (Wildman–Crippen MR) is 118 cm³/mol. The molecule has 0 heterocycles. The molecule has 0 aliphatic heterocycles. The minimum Gasteiger partial charge on any atom is -0.0990 e. The normalized spacial score (nSPS) is 11.7. The average Bonchev–Trinajstić information content (AvgIpc) is 2.68. The summed E-state index contributed by atoms with van der Waals surface area (Å²) in [5.41, 5.74) is 7.21. The van der Waals surface area contributed by atoms with E-state index in [9.17, 15) is 0 Å². The van der Waals surface area contributed by atoms with Crippen LogP contribution in [-0.4, -0.2) is 0 Å². The van der Waals surface area contributed by atoms with Crippen molar-refractivity contribution in [1.82, 2.24) is 0 Å². The topological polar surface area (TPSA) is 0 Å². The Bertz CT molecular complexity index is 959. The Morgan fingerprint density at radius 1 is 0.808 bits per heavy atom. The maximum atomic E-state index is 3.80. The van der Waals surface area contributed by atoms with Gasteiger partial charge in [-0.3, -0.25) is 0 Å². The number of allylic oxidation sites excluding steroid dienone is 5. The monoisotopic (exact) mass is 400 g/mol. The van der Waals surface area contributed by atoms with Crippen LogP contribution in [0.25, 0.3) is 27.8 Å². The molecule has 0 aliphatic carbocycles. The smallest absolute Gasteiger partial charge is 0.0181 e. The van der Waals surface area contributed by atoms with E-state index in [1.807, 2.05) is 31.2 Å². The number of halogens is 1. The van der Waals surface area contributed by atoms with Gasteiger partial charge in [0.05, 0.1) is 0 Å². The molecule has 0 fully saturated rings. The molecule has 3 aromatic rings. The lowest BCUT2D eigenvalue weighted by Gasteiger charge is -2.08. The van der Waals surface area contributed by atoms with Crippen LogP contribution in [0.5, 0.6) is 0 Å². The molecule has 0 aliphatic rings. The summed E-state index contributed by atoms with van der Waals surface area (Å²) in [4.78, 5) is 0. The molecule has 0 amide bonds. The summed E-state index contributed by atoms with van der Waals surface area (Å²) in [6.07, 6.45) is 8.00. The zero-order valence-electron chi connectivity index (χ0n) is 14.8. The summed E-state index contributed by atoms with van der Waals surface area (Å²) in [6, 6.07) is 25.7. The van der Waals surface area contributed by atoms with Gasteiger partial charge >= 0.3 is 0 Å². The first-order valence-electron chi connectivity index (χ1n) is 8.63. The summed E-state index contributed by atoms with van der Waals surface area (Å²) < 4.78 is 1.09. The van der Waals surface area contributed by atoms with E-state index in [-0.39, 0.29) is 0 Å². The second-order valence-electron chi connectivity index (χ2n) is 6.03. The van der Waals surface area contributed by atoms with Crippen LogP contribution in [0.3, 0.4) is 0 Å². The highest BCUT2D eigenvalue weighted by atomic mass is 79.9. The van der Waals surface area contributed by atoms with E-state index in [0.29, 0.717) is 0 Å². The summed E-state index contributed by atoms with van der Waals surface area (Å²) in [7, 11) is 0. The number of benzene rings is 3. The molecule has 0 atom stereocenters. The van der Waals surface area contributed by atoms with Crippen LogP contribution in [0.2, 0.25) is 0 Å². The van der Waals surface area contributed by atoms with Gasteiger partial charge in [0.2, 0.25) is 0 Å². The molecule has 26 heavy (non-hydrogen) atoms. The summed E-state index contributed by atoms with van der Waals surface area (Å²) in [6.45, 7) is 5.83. The van der Waals surface area contributed by atoms with Gasteiger partial charge in [0.1, 0.15) is 0 Å². The third-order valence-electron chi connectivity index (χ3n) is 4.22. The lowest BCUT2D eigenvalue weighted by Crippen LogP contribution is -1.84. The molecule has 1 heteroatoms. The molecular weight excluding hydrogens is 380 g/mol. The van der Waals surface area contributed by atoms with Crippen molar-refractivity contribution >= 4 is 21.5 Å². The van der Waals surface area contributed by atoms with Gasteiger partial charge < -0.3 is 0 Å². The van der Waals surface area contributed by atoms with Gasteiger partial charge in [-0.1, -0.05) is 101 Å². The second-order valence-corrected chi connectivity index (χ2v) is 6.94. The van der Waals surface area contributed by atoms with Gasteiger partial charge in [-0.2, -0.15) is 0 Å². The van der Waals surface area contributed by atoms with Crippen molar-refractivity contribution in [3.05, 3.63) is 114 Å². The number of rotatable bonds is 5. The van der Waals surface area contributed by atoms with Crippen LogP contribution in [-0.2, 0) is 0 Å². The van der Waals surface area contributed by atoms with Crippen molar-refractivity contribution in [1.29, 1.82) is 0 Å². The van der Waals surface area contributed by atoms with Crippen LogP contribution in [0.1, 0.15) is 12.5 Å². The highest BCUT2D eigenvalue weighted by Gasteiger charge is 2.03. The molecule has 0 radical (unpaired) electrons. The van der Waals surface area contributed by atoms with E-state index >= 15 is 0 Å². The Labute approximate surface area is 164 Å². The zero-order valence-corrected chi connectivity index (χ0v) is 16.4. The third kappa shape index (κ3) is 4.30. The van der Waals surface area contributed by atoms with E-state index in [4.69, 9.17) is 0 Å². The van der Waals surface area contributed by atoms with Crippen LogP contribution in [0, 0.1) is 0 Å². The quantitative estimate of drug-likeness (QED) is 0.381. The van der Waals surface area contributed by atoms with E-state index in [1.54, 1.807) is 0 Å². The maximum Gasteiger partial charge on any atom is 0.0181 e. The summed E-state index contributed by atoms with van der Waals surface area (Å²) in [5, 5.41) is 0. The standard InChI is InChI=1S/C25H21Br/c1-3-7-19(8-4-2)20-13-15-21(16-14-20)22-9-5-10-23(17-22)24-11-6-12-25(26)18-24/h3-18H,1H2,2H3/b8-4-,19-7+. The molecule has 3 aromatic carbocycles. The number of hydrogen-bond donors (Lipinski definition) is 0. The lowest BCUT2D eigenvalue weighted by atomic mass is 9.97. The average molecular weight is 401 g/mol. The van der Waals surface area contributed by atoms with E-state index in [2.05, 4.69) is 95.3 Å². The van der Waals surface area contributed by atoms with Gasteiger partial charge in [0.15, 0.2) is 0 Å². The van der Waals surface area contributed by atoms with Crippen molar-refractivity contribution in [2.24, 2.45) is 0 Å². The minimum absolute atomic E-state index is 1.09. The van der Waals surface area contributed by atoms with Crippen molar-refractivity contribution in [2.45, 2.75) is 6.92 Å². The molecule has 0 unspecified atom stereocenters. The Morgan fingerprint density at radius 3 is 2.04 bits per heavy atom. The molecule has 0 saturated carbocycles. The Morgan fingerprint density at radius 2 is 1.42 bits per heavy atom. The first-order valence-corrected chi connectivity index (χ1v) is 9.43. The summed E-state index contributed by atoms with van der Waals surface area (Å²) in [5.74, 6) is 0. The Kier molecular flexibility index (Phi) is 6.04. The van der Waals surface area contributed by atoms with Crippen molar-refractivity contribution in [2.75, 3.05) is 0 Å². The largest absolute Gasteiger partial charge is 0.0990 e. The molecule has 0 nitrogen and oxygen atoms in total. The van der Waals surface area contributed by atoms with Crippen molar-refractivity contribution in [3.8, 4) is 22.3 Å². The minimum atomic E-state index is 1.09. The first-order chi connectivity index (χ1) is 12.7. The van der Waals surface area contributed by atoms with Gasteiger partial charge in [-0.15, -0.1) is 0 Å². The van der Waals surface area contributed by atoms with E-state index in [1.165, 1.54) is 27.8 Å². The van der Waals surface area contributed by atoms with Crippen LogP contribution in [0.4, 0.5) is 0 Å².